The van der Waals surface area contributed by atoms with Crippen LogP contribution in [0.2, 0.25) is 0 Å². The highest BCUT2D eigenvalue weighted by Crippen LogP contribution is 2.21. The largest absolute Gasteiger partial charge is 0.477 e. The van der Waals surface area contributed by atoms with Crippen LogP contribution in [0.3, 0.4) is 0 Å². The van der Waals surface area contributed by atoms with Crippen LogP contribution in [-0.2, 0) is 0 Å². The van der Waals surface area contributed by atoms with E-state index in [2.05, 4.69) is 15.0 Å². The van der Waals surface area contributed by atoms with E-state index in [0.717, 1.165) is 24.1 Å². The third kappa shape index (κ3) is 4.04. The third-order valence-electron chi connectivity index (χ3n) is 4.65. The van der Waals surface area contributed by atoms with Gasteiger partial charge in [-0.15, -0.1) is 0 Å². The number of ether oxygens (including phenoxy) is 1. The second-order valence-corrected chi connectivity index (χ2v) is 6.36. The van der Waals surface area contributed by atoms with Crippen molar-refractivity contribution in [3.8, 4) is 5.88 Å². The molecule has 3 heterocycles. The molecule has 1 N–H and O–H groups in total. The van der Waals surface area contributed by atoms with Crippen LogP contribution in [0.5, 0.6) is 5.88 Å². The summed E-state index contributed by atoms with van der Waals surface area (Å²) in [5, 5.41) is 0. The Balaban J connectivity index is 1.53. The minimum Gasteiger partial charge on any atom is -0.477 e. The molecular weight excluding hydrogens is 320 g/mol. The Bertz CT molecular complexity index is 810. The first-order valence-electron chi connectivity index (χ1n) is 8.44. The van der Waals surface area contributed by atoms with Crippen LogP contribution in [0.25, 0.3) is 0 Å². The van der Waals surface area contributed by atoms with Crippen molar-refractivity contribution in [2.24, 2.45) is 5.92 Å². The molecule has 0 unspecified atom stereocenters. The van der Waals surface area contributed by atoms with Crippen molar-refractivity contribution < 1.29 is 9.53 Å². The zero-order valence-electron chi connectivity index (χ0n) is 14.5. The maximum absolute atomic E-state index is 12.4. The van der Waals surface area contributed by atoms with Crippen molar-refractivity contribution in [3.05, 3.63) is 51.8 Å². The minimum absolute atomic E-state index is 0.126. The molecule has 0 bridgehead atoms. The van der Waals surface area contributed by atoms with Gasteiger partial charge >= 0.3 is 0 Å². The average molecular weight is 342 g/mol. The fraction of sp³-hybridized carbons (Fsp3) is 0.444. The van der Waals surface area contributed by atoms with Gasteiger partial charge < -0.3 is 14.6 Å². The number of carbonyl (C=O) groups is 1. The summed E-state index contributed by atoms with van der Waals surface area (Å²) in [4.78, 5) is 36.5. The number of hydrogen-bond acceptors (Lipinski definition) is 5. The monoisotopic (exact) mass is 342 g/mol. The van der Waals surface area contributed by atoms with Gasteiger partial charge in [0.1, 0.15) is 12.0 Å². The summed E-state index contributed by atoms with van der Waals surface area (Å²) in [7, 11) is 0. The summed E-state index contributed by atoms with van der Waals surface area (Å²) in [6, 6.07) is 4.63. The van der Waals surface area contributed by atoms with Crippen LogP contribution < -0.4 is 10.3 Å². The van der Waals surface area contributed by atoms with Gasteiger partial charge in [0.15, 0.2) is 0 Å². The lowest BCUT2D eigenvalue weighted by atomic mass is 9.97. The van der Waals surface area contributed by atoms with Gasteiger partial charge in [0, 0.05) is 30.4 Å². The molecule has 0 aromatic carbocycles. The Hall–Kier alpha value is -2.70. The number of rotatable bonds is 4. The average Bonchev–Trinajstić information content (AvgIpc) is 2.63. The van der Waals surface area contributed by atoms with E-state index >= 15 is 0 Å². The number of nitrogens with one attached hydrogen (secondary N) is 1. The van der Waals surface area contributed by atoms with Crippen LogP contribution in [0.4, 0.5) is 0 Å². The summed E-state index contributed by atoms with van der Waals surface area (Å²) in [6.07, 6.45) is 3.25. The predicted octanol–water partition coefficient (Wildman–Crippen LogP) is 1.71. The Kier molecular flexibility index (Phi) is 5.11. The zero-order chi connectivity index (χ0) is 17.8. The van der Waals surface area contributed by atoms with Gasteiger partial charge in [-0.1, -0.05) is 6.07 Å². The van der Waals surface area contributed by atoms with Gasteiger partial charge in [-0.2, -0.15) is 0 Å². The number of piperidine rings is 1. The topological polar surface area (TPSA) is 88.2 Å². The van der Waals surface area contributed by atoms with E-state index in [0.29, 0.717) is 37.2 Å². The molecule has 7 nitrogen and oxygen atoms in total. The van der Waals surface area contributed by atoms with E-state index in [4.69, 9.17) is 4.74 Å². The molecule has 0 aliphatic carbocycles. The first-order chi connectivity index (χ1) is 12.0. The van der Waals surface area contributed by atoms with Crippen molar-refractivity contribution in [2.45, 2.75) is 26.7 Å². The van der Waals surface area contributed by atoms with Gasteiger partial charge in [0.2, 0.25) is 11.4 Å². The standard InChI is InChI=1S/C18H22N4O3/c1-12-13(2)19-11-20-17(12)25-10-14-6-8-22(9-7-14)18(24)15-4-3-5-16(23)21-15/h3-5,11,14H,6-10H2,1-2H3,(H,21,23). The molecule has 0 radical (unpaired) electrons. The highest BCUT2D eigenvalue weighted by atomic mass is 16.5. The Morgan fingerprint density at radius 2 is 2.04 bits per heavy atom. The van der Waals surface area contributed by atoms with E-state index in [1.165, 1.54) is 12.4 Å². The molecule has 1 saturated heterocycles. The molecule has 1 amide bonds. The summed E-state index contributed by atoms with van der Waals surface area (Å²) in [6.45, 7) is 5.78. The molecule has 1 aliphatic rings. The van der Waals surface area contributed by atoms with Crippen molar-refractivity contribution in [2.75, 3.05) is 19.7 Å². The van der Waals surface area contributed by atoms with Crippen LogP contribution in [-0.4, -0.2) is 45.5 Å². The van der Waals surface area contributed by atoms with E-state index in [1.54, 1.807) is 17.0 Å². The number of likely N-dealkylation sites (tertiary alicyclic amines) is 1. The summed E-state index contributed by atoms with van der Waals surface area (Å²) < 4.78 is 5.85. The minimum atomic E-state index is -0.260. The molecule has 3 rings (SSSR count). The first kappa shape index (κ1) is 17.1. The lowest BCUT2D eigenvalue weighted by molar-refractivity contribution is 0.0653. The quantitative estimate of drug-likeness (QED) is 0.914. The summed E-state index contributed by atoms with van der Waals surface area (Å²) >= 11 is 0. The number of amides is 1. The third-order valence-corrected chi connectivity index (χ3v) is 4.65. The molecule has 2 aromatic heterocycles. The number of H-pyrrole nitrogens is 1. The van der Waals surface area contributed by atoms with E-state index < -0.39 is 0 Å². The first-order valence-corrected chi connectivity index (χ1v) is 8.44. The van der Waals surface area contributed by atoms with Crippen LogP contribution >= 0.6 is 0 Å². The summed E-state index contributed by atoms with van der Waals surface area (Å²) in [5.41, 5.74) is 1.96. The zero-order valence-corrected chi connectivity index (χ0v) is 14.5. The highest BCUT2D eigenvalue weighted by molar-refractivity contribution is 5.92. The number of hydrogen-bond donors (Lipinski definition) is 1. The smallest absolute Gasteiger partial charge is 0.270 e. The number of carbonyl (C=O) groups excluding carboxylic acids is 1. The maximum Gasteiger partial charge on any atom is 0.270 e. The molecule has 1 aliphatic heterocycles. The van der Waals surface area contributed by atoms with Crippen molar-refractivity contribution >= 4 is 5.91 Å². The normalized spacial score (nSPS) is 15.2. The molecule has 25 heavy (non-hydrogen) atoms. The van der Waals surface area contributed by atoms with E-state index in [1.807, 2.05) is 13.8 Å². The SMILES string of the molecule is Cc1ncnc(OCC2CCN(C(=O)c3cccc(=O)[nH]3)CC2)c1C. The van der Waals surface area contributed by atoms with Crippen molar-refractivity contribution in [1.82, 2.24) is 19.9 Å². The fourth-order valence-electron chi connectivity index (χ4n) is 2.90. The molecule has 132 valence electrons. The van der Waals surface area contributed by atoms with Crippen LogP contribution in [0, 0.1) is 19.8 Å². The number of aromatic amines is 1. The molecule has 0 atom stereocenters. The van der Waals surface area contributed by atoms with Gasteiger partial charge in [-0.25, -0.2) is 9.97 Å². The van der Waals surface area contributed by atoms with E-state index in [9.17, 15) is 9.59 Å². The van der Waals surface area contributed by atoms with Crippen LogP contribution in [0.1, 0.15) is 34.6 Å². The van der Waals surface area contributed by atoms with Gasteiger partial charge in [-0.3, -0.25) is 9.59 Å². The molecular formula is C18H22N4O3. The maximum atomic E-state index is 12.4. The summed E-state index contributed by atoms with van der Waals surface area (Å²) in [5.74, 6) is 0.890. The van der Waals surface area contributed by atoms with Gasteiger partial charge in [0.25, 0.3) is 5.91 Å². The highest BCUT2D eigenvalue weighted by Gasteiger charge is 2.24. The Labute approximate surface area is 146 Å². The van der Waals surface area contributed by atoms with Crippen LogP contribution in [0.15, 0.2) is 29.3 Å². The molecule has 0 saturated carbocycles. The van der Waals surface area contributed by atoms with E-state index in [-0.39, 0.29) is 11.5 Å². The predicted molar refractivity (Wildman–Crippen MR) is 92.7 cm³/mol. The van der Waals surface area contributed by atoms with Gasteiger partial charge in [0.05, 0.1) is 6.61 Å². The second-order valence-electron chi connectivity index (χ2n) is 6.36. The molecule has 0 spiro atoms. The number of pyridine rings is 1. The Morgan fingerprint density at radius 3 is 2.76 bits per heavy atom. The van der Waals surface area contributed by atoms with Crippen molar-refractivity contribution in [3.63, 3.8) is 0 Å². The Morgan fingerprint density at radius 1 is 1.28 bits per heavy atom. The number of nitrogens with zero attached hydrogens (tertiary/aromatic N) is 3. The van der Waals surface area contributed by atoms with Gasteiger partial charge in [-0.05, 0) is 38.7 Å². The lowest BCUT2D eigenvalue weighted by Gasteiger charge is -2.31. The molecule has 7 heteroatoms. The number of aromatic nitrogens is 3. The second kappa shape index (κ2) is 7.46. The molecule has 1 fully saturated rings. The number of aryl methyl sites for hydroxylation is 1. The lowest BCUT2D eigenvalue weighted by Crippen LogP contribution is -2.40. The fourth-order valence-corrected chi connectivity index (χ4v) is 2.90. The van der Waals surface area contributed by atoms with Crippen molar-refractivity contribution in [1.29, 1.82) is 0 Å². The molecule has 2 aromatic rings.